The van der Waals surface area contributed by atoms with Gasteiger partial charge in [-0.15, -0.1) is 0 Å². The van der Waals surface area contributed by atoms with Gasteiger partial charge >= 0.3 is 0 Å². The van der Waals surface area contributed by atoms with Crippen molar-refractivity contribution in [3.05, 3.63) is 63.6 Å². The molecule has 100 valence electrons. The van der Waals surface area contributed by atoms with Crippen LogP contribution in [0.25, 0.3) is 0 Å². The van der Waals surface area contributed by atoms with Crippen LogP contribution in [0.15, 0.2) is 42.5 Å². The molecule has 0 aliphatic rings. The number of nitrogens with two attached hydrogens (primary N) is 1. The van der Waals surface area contributed by atoms with Gasteiger partial charge in [0, 0.05) is 0 Å². The third kappa shape index (κ3) is 3.21. The molecule has 2 N–H and O–H groups in total. The summed E-state index contributed by atoms with van der Waals surface area (Å²) in [4.78, 5) is 0. The van der Waals surface area contributed by atoms with Crippen molar-refractivity contribution in [1.29, 1.82) is 0 Å². The summed E-state index contributed by atoms with van der Waals surface area (Å²) in [5.74, 6) is 0.800. The van der Waals surface area contributed by atoms with E-state index in [9.17, 15) is 0 Å². The molecule has 0 saturated heterocycles. The average molecular weight is 296 g/mol. The van der Waals surface area contributed by atoms with Crippen LogP contribution in [0.3, 0.4) is 0 Å². The molecule has 2 rings (SSSR count). The first kappa shape index (κ1) is 14.2. The Balaban J connectivity index is 2.35. The predicted molar refractivity (Wildman–Crippen MR) is 80.1 cm³/mol. The maximum Gasteiger partial charge on any atom is 0.119 e. The minimum Gasteiger partial charge on any atom is -0.494 e. The molecule has 0 aliphatic carbocycles. The minimum absolute atomic E-state index is 0.327. The van der Waals surface area contributed by atoms with Crippen LogP contribution in [-0.4, -0.2) is 6.61 Å². The molecule has 1 unspecified atom stereocenters. The predicted octanol–water partition coefficient (Wildman–Crippen LogP) is 4.44. The SMILES string of the molecule is CCOc1cccc(C(N)c2cccc(Cl)c2Cl)c1. The van der Waals surface area contributed by atoms with E-state index in [0.717, 1.165) is 16.9 Å². The van der Waals surface area contributed by atoms with E-state index in [2.05, 4.69) is 0 Å². The molecule has 19 heavy (non-hydrogen) atoms. The van der Waals surface area contributed by atoms with Crippen molar-refractivity contribution >= 4 is 23.2 Å². The van der Waals surface area contributed by atoms with Gasteiger partial charge in [-0.05, 0) is 36.2 Å². The highest BCUT2D eigenvalue weighted by Gasteiger charge is 2.14. The molecule has 0 heterocycles. The van der Waals surface area contributed by atoms with E-state index >= 15 is 0 Å². The fraction of sp³-hybridized carbons (Fsp3) is 0.200. The third-order valence-electron chi connectivity index (χ3n) is 2.84. The van der Waals surface area contributed by atoms with Gasteiger partial charge in [-0.3, -0.25) is 0 Å². The van der Waals surface area contributed by atoms with Crippen LogP contribution in [0.2, 0.25) is 10.0 Å². The highest BCUT2D eigenvalue weighted by atomic mass is 35.5. The number of halogens is 2. The first-order chi connectivity index (χ1) is 9.13. The van der Waals surface area contributed by atoms with Crippen molar-refractivity contribution in [3.8, 4) is 5.75 Å². The van der Waals surface area contributed by atoms with Gasteiger partial charge in [0.25, 0.3) is 0 Å². The molecule has 0 saturated carbocycles. The minimum atomic E-state index is -0.327. The fourth-order valence-corrected chi connectivity index (χ4v) is 2.33. The molecule has 4 heteroatoms. The maximum atomic E-state index is 6.25. The Bertz CT molecular complexity index is 572. The zero-order chi connectivity index (χ0) is 13.8. The average Bonchev–Trinajstić information content (AvgIpc) is 2.42. The van der Waals surface area contributed by atoms with E-state index in [1.54, 1.807) is 6.07 Å². The quantitative estimate of drug-likeness (QED) is 0.905. The number of benzene rings is 2. The lowest BCUT2D eigenvalue weighted by Gasteiger charge is -2.16. The molecule has 0 spiro atoms. The van der Waals surface area contributed by atoms with Gasteiger partial charge in [0.15, 0.2) is 0 Å². The number of hydrogen-bond donors (Lipinski definition) is 1. The number of ether oxygens (including phenoxy) is 1. The molecule has 1 atom stereocenters. The van der Waals surface area contributed by atoms with Crippen molar-refractivity contribution in [1.82, 2.24) is 0 Å². The summed E-state index contributed by atoms with van der Waals surface area (Å²) >= 11 is 12.2. The summed E-state index contributed by atoms with van der Waals surface area (Å²) in [5, 5.41) is 1.01. The van der Waals surface area contributed by atoms with E-state index in [1.807, 2.05) is 43.3 Å². The van der Waals surface area contributed by atoms with E-state index in [4.69, 9.17) is 33.7 Å². The summed E-state index contributed by atoms with van der Waals surface area (Å²) in [5.41, 5.74) is 8.00. The van der Waals surface area contributed by atoms with E-state index < -0.39 is 0 Å². The second-order valence-corrected chi connectivity index (χ2v) is 4.91. The van der Waals surface area contributed by atoms with Crippen LogP contribution >= 0.6 is 23.2 Å². The third-order valence-corrected chi connectivity index (χ3v) is 3.68. The summed E-state index contributed by atoms with van der Waals surface area (Å²) in [6.45, 7) is 2.57. The number of rotatable bonds is 4. The van der Waals surface area contributed by atoms with Gasteiger partial charge in [0.05, 0.1) is 22.7 Å². The lowest BCUT2D eigenvalue weighted by molar-refractivity contribution is 0.340. The topological polar surface area (TPSA) is 35.2 Å². The lowest BCUT2D eigenvalue weighted by Crippen LogP contribution is -2.12. The molecule has 2 aromatic rings. The van der Waals surface area contributed by atoms with Crippen molar-refractivity contribution in [3.63, 3.8) is 0 Å². The Morgan fingerprint density at radius 2 is 1.89 bits per heavy atom. The Morgan fingerprint density at radius 3 is 2.63 bits per heavy atom. The van der Waals surface area contributed by atoms with Gasteiger partial charge in [-0.1, -0.05) is 47.5 Å². The van der Waals surface area contributed by atoms with Crippen LogP contribution in [-0.2, 0) is 0 Å². The molecule has 0 radical (unpaired) electrons. The highest BCUT2D eigenvalue weighted by molar-refractivity contribution is 6.42. The summed E-state index contributed by atoms with van der Waals surface area (Å²) in [7, 11) is 0. The highest BCUT2D eigenvalue weighted by Crippen LogP contribution is 2.32. The van der Waals surface area contributed by atoms with Gasteiger partial charge in [0.2, 0.25) is 0 Å². The van der Waals surface area contributed by atoms with E-state index in [1.165, 1.54) is 0 Å². The van der Waals surface area contributed by atoms with Crippen LogP contribution in [0.1, 0.15) is 24.1 Å². The second-order valence-electron chi connectivity index (χ2n) is 4.13. The first-order valence-corrected chi connectivity index (χ1v) is 6.81. The molecule has 0 amide bonds. The molecular formula is C15H15Cl2NO. The molecule has 0 bridgehead atoms. The summed E-state index contributed by atoms with van der Waals surface area (Å²) < 4.78 is 5.47. The maximum absolute atomic E-state index is 6.25. The molecule has 0 aliphatic heterocycles. The van der Waals surface area contributed by atoms with Crippen molar-refractivity contribution in [2.45, 2.75) is 13.0 Å². The van der Waals surface area contributed by atoms with Crippen molar-refractivity contribution in [2.75, 3.05) is 6.61 Å². The van der Waals surface area contributed by atoms with Crippen molar-refractivity contribution in [2.24, 2.45) is 5.73 Å². The Kier molecular flexibility index (Phi) is 4.70. The monoisotopic (exact) mass is 295 g/mol. The lowest BCUT2D eigenvalue weighted by atomic mass is 9.99. The normalized spacial score (nSPS) is 12.2. The van der Waals surface area contributed by atoms with Gasteiger partial charge in [-0.25, -0.2) is 0 Å². The number of hydrogen-bond acceptors (Lipinski definition) is 2. The standard InChI is InChI=1S/C15H15Cl2NO/c1-2-19-11-6-3-5-10(9-11)15(18)12-7-4-8-13(16)14(12)17/h3-9,15H,2,18H2,1H3. The zero-order valence-corrected chi connectivity index (χ0v) is 12.1. The Labute approximate surface area is 123 Å². The molecule has 0 aromatic heterocycles. The zero-order valence-electron chi connectivity index (χ0n) is 10.6. The summed E-state index contributed by atoms with van der Waals surface area (Å²) in [6, 6.07) is 12.8. The van der Waals surface area contributed by atoms with Gasteiger partial charge < -0.3 is 10.5 Å². The molecule has 2 aromatic carbocycles. The summed E-state index contributed by atoms with van der Waals surface area (Å²) in [6.07, 6.45) is 0. The second kappa shape index (κ2) is 6.29. The van der Waals surface area contributed by atoms with E-state index in [0.29, 0.717) is 16.7 Å². The molecule has 0 fully saturated rings. The Morgan fingerprint density at radius 1 is 1.16 bits per heavy atom. The van der Waals surface area contributed by atoms with Gasteiger partial charge in [-0.2, -0.15) is 0 Å². The fourth-order valence-electron chi connectivity index (χ4n) is 1.90. The first-order valence-electron chi connectivity index (χ1n) is 6.05. The van der Waals surface area contributed by atoms with Crippen LogP contribution in [0.4, 0.5) is 0 Å². The van der Waals surface area contributed by atoms with Crippen LogP contribution < -0.4 is 10.5 Å². The van der Waals surface area contributed by atoms with E-state index in [-0.39, 0.29) is 6.04 Å². The Hall–Kier alpha value is -1.22. The van der Waals surface area contributed by atoms with Crippen LogP contribution in [0.5, 0.6) is 5.75 Å². The smallest absolute Gasteiger partial charge is 0.119 e. The molecular weight excluding hydrogens is 281 g/mol. The van der Waals surface area contributed by atoms with Crippen LogP contribution in [0, 0.1) is 0 Å². The largest absolute Gasteiger partial charge is 0.494 e. The van der Waals surface area contributed by atoms with Crippen molar-refractivity contribution < 1.29 is 4.74 Å². The van der Waals surface area contributed by atoms with Gasteiger partial charge in [0.1, 0.15) is 5.75 Å². The molecule has 2 nitrogen and oxygen atoms in total.